The summed E-state index contributed by atoms with van der Waals surface area (Å²) in [4.78, 5) is 35.2. The minimum atomic E-state index is -4.62. The lowest BCUT2D eigenvalue weighted by molar-refractivity contribution is -0.137. The number of carbonyl (C=O) groups excluding carboxylic acids is 2. The van der Waals surface area contributed by atoms with Crippen LogP contribution in [0.5, 0.6) is 0 Å². The van der Waals surface area contributed by atoms with Gasteiger partial charge in [0.15, 0.2) is 0 Å². The minimum Gasteiger partial charge on any atom is -0.355 e. The Bertz CT molecular complexity index is 1670. The molecule has 0 fully saturated rings. The maximum Gasteiger partial charge on any atom is 0.416 e. The number of benzene rings is 3. The summed E-state index contributed by atoms with van der Waals surface area (Å²) in [7, 11) is 3.35. The fourth-order valence-electron chi connectivity index (χ4n) is 3.91. The van der Waals surface area contributed by atoms with Crippen molar-refractivity contribution in [3.05, 3.63) is 95.2 Å². The minimum absolute atomic E-state index is 0.108. The maximum absolute atomic E-state index is 13.1. The molecule has 214 valence electrons. The smallest absolute Gasteiger partial charge is 0.355 e. The lowest BCUT2D eigenvalue weighted by Gasteiger charge is -2.19. The largest absolute Gasteiger partial charge is 0.416 e. The van der Waals surface area contributed by atoms with Gasteiger partial charge in [-0.25, -0.2) is 9.78 Å². The van der Waals surface area contributed by atoms with Gasteiger partial charge >= 0.3 is 12.2 Å². The van der Waals surface area contributed by atoms with Gasteiger partial charge in [-0.05, 0) is 73.2 Å². The maximum atomic E-state index is 13.1. The van der Waals surface area contributed by atoms with Crippen LogP contribution < -0.4 is 26.2 Å². The monoisotopic (exact) mass is 574 g/mol. The van der Waals surface area contributed by atoms with E-state index in [2.05, 4.69) is 31.2 Å². The first kappa shape index (κ1) is 29.3. The molecule has 3 aromatic carbocycles. The molecule has 0 saturated heterocycles. The third-order valence-corrected chi connectivity index (χ3v) is 6.18. The predicted octanol–water partition coefficient (Wildman–Crippen LogP) is 6.19. The molecule has 0 aliphatic carbocycles. The molecule has 0 saturated carbocycles. The Morgan fingerprint density at radius 3 is 2.33 bits per heavy atom. The molecule has 0 bridgehead atoms. The summed E-state index contributed by atoms with van der Waals surface area (Å²) in [5.74, 6) is 0.661. The van der Waals surface area contributed by atoms with Crippen molar-refractivity contribution in [1.82, 2.24) is 15.3 Å². The number of rotatable bonds is 7. The van der Waals surface area contributed by atoms with E-state index < -0.39 is 17.8 Å². The van der Waals surface area contributed by atoms with E-state index in [1.807, 2.05) is 19.1 Å². The van der Waals surface area contributed by atoms with Gasteiger partial charge in [0.1, 0.15) is 11.9 Å². The van der Waals surface area contributed by atoms with E-state index in [0.717, 1.165) is 17.7 Å². The summed E-state index contributed by atoms with van der Waals surface area (Å²) in [6.07, 6.45) is -3.04. The quantitative estimate of drug-likeness (QED) is 0.207. The summed E-state index contributed by atoms with van der Waals surface area (Å²) in [6, 6.07) is 17.1. The standard InChI is InChI=1S/C29H25F3N8O2/c1-17-4-7-21(15-23(17)26(41)34-2)36-27-35-13-12-25(39-27)40(3)22-10-8-20(9-11-22)37-28(42)38-24-14-19(29(30,31)32)6-5-18(24)16-33/h4-15H,1-3H3,(H,34,41)(H,35,36,39)(H2,37,38,42). The van der Waals surface area contributed by atoms with E-state index in [9.17, 15) is 28.0 Å². The number of urea groups is 1. The molecule has 13 heteroatoms. The molecule has 10 nitrogen and oxygen atoms in total. The number of aryl methyl sites for hydroxylation is 1. The zero-order valence-electron chi connectivity index (χ0n) is 22.7. The summed E-state index contributed by atoms with van der Waals surface area (Å²) in [5, 5.41) is 19.7. The number of carbonyl (C=O) groups is 2. The van der Waals surface area contributed by atoms with Gasteiger partial charge in [0.2, 0.25) is 5.95 Å². The number of anilines is 6. The van der Waals surface area contributed by atoms with Crippen LogP contribution in [0.4, 0.5) is 52.5 Å². The van der Waals surface area contributed by atoms with Crippen LogP contribution in [0, 0.1) is 18.3 Å². The van der Waals surface area contributed by atoms with Gasteiger partial charge in [-0.1, -0.05) is 6.07 Å². The number of aromatic nitrogens is 2. The van der Waals surface area contributed by atoms with Crippen molar-refractivity contribution in [1.29, 1.82) is 5.26 Å². The molecule has 4 aromatic rings. The van der Waals surface area contributed by atoms with E-state index in [-0.39, 0.29) is 17.2 Å². The Balaban J connectivity index is 1.43. The number of amides is 3. The molecule has 4 N–H and O–H groups in total. The summed E-state index contributed by atoms with van der Waals surface area (Å²) < 4.78 is 39.2. The van der Waals surface area contributed by atoms with Crippen molar-refractivity contribution in [2.24, 2.45) is 0 Å². The van der Waals surface area contributed by atoms with Crippen LogP contribution in [0.3, 0.4) is 0 Å². The number of hydrogen-bond acceptors (Lipinski definition) is 7. The SMILES string of the molecule is CNC(=O)c1cc(Nc2nccc(N(C)c3ccc(NC(=O)Nc4cc(C(F)(F)F)ccc4C#N)cc3)n2)ccc1C. The van der Waals surface area contributed by atoms with Crippen LogP contribution in [0.2, 0.25) is 0 Å². The Hall–Kier alpha value is -5.64. The zero-order chi connectivity index (χ0) is 30.4. The van der Waals surface area contributed by atoms with E-state index in [0.29, 0.717) is 40.5 Å². The lowest BCUT2D eigenvalue weighted by atomic mass is 10.1. The van der Waals surface area contributed by atoms with Crippen molar-refractivity contribution in [3.8, 4) is 6.07 Å². The van der Waals surface area contributed by atoms with E-state index in [1.54, 1.807) is 67.7 Å². The molecule has 1 aromatic heterocycles. The molecule has 0 radical (unpaired) electrons. The number of halogens is 3. The summed E-state index contributed by atoms with van der Waals surface area (Å²) in [5.41, 5.74) is 1.72. The van der Waals surface area contributed by atoms with Gasteiger partial charge in [-0.2, -0.15) is 23.4 Å². The summed E-state index contributed by atoms with van der Waals surface area (Å²) >= 11 is 0. The Kier molecular flexibility index (Phi) is 8.56. The van der Waals surface area contributed by atoms with Crippen molar-refractivity contribution in [2.45, 2.75) is 13.1 Å². The van der Waals surface area contributed by atoms with Crippen LogP contribution in [0.15, 0.2) is 72.9 Å². The highest BCUT2D eigenvalue weighted by atomic mass is 19.4. The molecule has 0 atom stereocenters. The third kappa shape index (κ3) is 6.92. The van der Waals surface area contributed by atoms with E-state index >= 15 is 0 Å². The van der Waals surface area contributed by atoms with Crippen molar-refractivity contribution in [2.75, 3.05) is 34.9 Å². The van der Waals surface area contributed by atoms with Gasteiger partial charge < -0.3 is 26.2 Å². The number of nitrogens with zero attached hydrogens (tertiary/aromatic N) is 4. The van der Waals surface area contributed by atoms with Gasteiger partial charge in [-0.15, -0.1) is 0 Å². The Morgan fingerprint density at radius 2 is 1.67 bits per heavy atom. The zero-order valence-corrected chi connectivity index (χ0v) is 22.7. The number of hydrogen-bond donors (Lipinski definition) is 4. The fourth-order valence-corrected chi connectivity index (χ4v) is 3.91. The molecular weight excluding hydrogens is 549 g/mol. The lowest BCUT2D eigenvalue weighted by Crippen LogP contribution is -2.20. The average molecular weight is 575 g/mol. The van der Waals surface area contributed by atoms with Gasteiger partial charge in [0.05, 0.1) is 16.8 Å². The fraction of sp³-hybridized carbons (Fsp3) is 0.138. The van der Waals surface area contributed by atoms with Crippen LogP contribution >= 0.6 is 0 Å². The number of alkyl halides is 3. The Labute approximate surface area is 239 Å². The van der Waals surface area contributed by atoms with Crippen molar-refractivity contribution < 1.29 is 22.8 Å². The first-order valence-corrected chi connectivity index (χ1v) is 12.4. The highest BCUT2D eigenvalue weighted by Crippen LogP contribution is 2.32. The van der Waals surface area contributed by atoms with Crippen LogP contribution in [-0.4, -0.2) is 36.0 Å². The second-order valence-corrected chi connectivity index (χ2v) is 9.03. The van der Waals surface area contributed by atoms with Gasteiger partial charge in [-0.3, -0.25) is 4.79 Å². The highest BCUT2D eigenvalue weighted by molar-refractivity contribution is 6.00. The molecule has 4 rings (SSSR count). The highest BCUT2D eigenvalue weighted by Gasteiger charge is 2.31. The first-order chi connectivity index (χ1) is 20.0. The van der Waals surface area contributed by atoms with Crippen molar-refractivity contribution >= 4 is 46.5 Å². The van der Waals surface area contributed by atoms with Crippen LogP contribution in [0.25, 0.3) is 0 Å². The number of nitriles is 1. The molecule has 0 aliphatic rings. The normalized spacial score (nSPS) is 10.8. The summed E-state index contributed by atoms with van der Waals surface area (Å²) in [6.45, 7) is 1.84. The van der Waals surface area contributed by atoms with Crippen LogP contribution in [-0.2, 0) is 6.18 Å². The van der Waals surface area contributed by atoms with Gasteiger partial charge in [0.25, 0.3) is 5.91 Å². The second-order valence-electron chi connectivity index (χ2n) is 9.03. The van der Waals surface area contributed by atoms with E-state index in [1.165, 1.54) is 0 Å². The third-order valence-electron chi connectivity index (χ3n) is 6.18. The molecule has 0 unspecified atom stereocenters. The average Bonchev–Trinajstić information content (AvgIpc) is 2.97. The van der Waals surface area contributed by atoms with Crippen molar-refractivity contribution in [3.63, 3.8) is 0 Å². The Morgan fingerprint density at radius 1 is 0.952 bits per heavy atom. The van der Waals surface area contributed by atoms with Gasteiger partial charge in [0, 0.05) is 42.9 Å². The predicted molar refractivity (Wildman–Crippen MR) is 153 cm³/mol. The second kappa shape index (κ2) is 12.3. The molecule has 0 aliphatic heterocycles. The number of nitrogens with one attached hydrogen (secondary N) is 4. The molecule has 0 spiro atoms. The molecular formula is C29H25F3N8O2. The topological polar surface area (TPSA) is 135 Å². The molecule has 3 amide bonds. The molecule has 42 heavy (non-hydrogen) atoms. The molecule has 1 heterocycles. The van der Waals surface area contributed by atoms with Crippen LogP contribution in [0.1, 0.15) is 27.0 Å². The van der Waals surface area contributed by atoms with E-state index in [4.69, 9.17) is 0 Å². The first-order valence-electron chi connectivity index (χ1n) is 12.4.